The van der Waals surface area contributed by atoms with E-state index in [-0.39, 0.29) is 36.9 Å². The van der Waals surface area contributed by atoms with Crippen molar-refractivity contribution in [1.29, 1.82) is 0 Å². The highest BCUT2D eigenvalue weighted by Crippen LogP contribution is 2.22. The number of carbonyl (C=O) groups excluding carboxylic acids is 1. The Kier molecular flexibility index (Phi) is 9.24. The normalized spacial score (nSPS) is 16.0. The molecule has 142 valence electrons. The molecule has 2 heterocycles. The largest absolute Gasteiger partial charge is 0.490 e. The number of ether oxygens (including phenoxy) is 1. The van der Waals surface area contributed by atoms with Gasteiger partial charge in [-0.05, 0) is 43.5 Å². The maximum Gasteiger partial charge on any atom is 0.324 e. The molecule has 1 aliphatic heterocycles. The molecule has 0 aliphatic carbocycles. The number of hydrogen-bond donors (Lipinski definition) is 0. The van der Waals surface area contributed by atoms with Crippen molar-refractivity contribution in [3.63, 3.8) is 0 Å². The fourth-order valence-corrected chi connectivity index (χ4v) is 3.01. The highest BCUT2D eigenvalue weighted by atomic mass is 35.5. The van der Waals surface area contributed by atoms with E-state index in [4.69, 9.17) is 4.74 Å². The quantitative estimate of drug-likeness (QED) is 0.766. The second-order valence-electron chi connectivity index (χ2n) is 6.02. The topological polar surface area (TPSA) is 45.7 Å². The fourth-order valence-electron chi connectivity index (χ4n) is 3.01. The zero-order chi connectivity index (χ0) is 16.8. The fraction of sp³-hybridized carbons (Fsp3) is 0.368. The Balaban J connectivity index is 0.00000169. The van der Waals surface area contributed by atoms with Crippen LogP contribution in [0.3, 0.4) is 0 Å². The molecule has 0 spiro atoms. The number of likely N-dealkylation sites (tertiary alicyclic amines) is 1. The summed E-state index contributed by atoms with van der Waals surface area (Å²) in [7, 11) is 1.82. The number of piperidine rings is 1. The van der Waals surface area contributed by atoms with Crippen LogP contribution < -0.4 is 9.64 Å². The van der Waals surface area contributed by atoms with Gasteiger partial charge in [-0.1, -0.05) is 18.2 Å². The molecular weight excluding hydrogens is 373 g/mol. The maximum absolute atomic E-state index is 12.9. The first kappa shape index (κ1) is 22.1. The lowest BCUT2D eigenvalue weighted by Crippen LogP contribution is -2.51. The summed E-state index contributed by atoms with van der Waals surface area (Å²) in [6, 6.07) is 13.6. The second-order valence-corrected chi connectivity index (χ2v) is 6.02. The maximum atomic E-state index is 12.9. The number of carbonyl (C=O) groups is 1. The van der Waals surface area contributed by atoms with E-state index in [2.05, 4.69) is 4.98 Å². The lowest BCUT2D eigenvalue weighted by atomic mass is 10.0. The third-order valence-corrected chi connectivity index (χ3v) is 4.38. The summed E-state index contributed by atoms with van der Waals surface area (Å²) in [4.78, 5) is 20.6. The number of pyridine rings is 1. The molecule has 3 rings (SSSR count). The van der Waals surface area contributed by atoms with Crippen LogP contribution in [0, 0.1) is 0 Å². The van der Waals surface area contributed by atoms with Gasteiger partial charge in [-0.3, -0.25) is 9.88 Å². The van der Waals surface area contributed by atoms with Crippen molar-refractivity contribution in [1.82, 2.24) is 9.88 Å². The third kappa shape index (κ3) is 5.51. The lowest BCUT2D eigenvalue weighted by Gasteiger charge is -2.37. The molecule has 1 fully saturated rings. The minimum absolute atomic E-state index is 0. The third-order valence-electron chi connectivity index (χ3n) is 4.38. The molecule has 2 aromatic rings. The van der Waals surface area contributed by atoms with Gasteiger partial charge in [0.2, 0.25) is 0 Å². The first-order valence-electron chi connectivity index (χ1n) is 8.38. The van der Waals surface area contributed by atoms with Gasteiger partial charge in [-0.25, -0.2) is 4.79 Å². The number of nitrogens with zero attached hydrogens (tertiary/aromatic N) is 3. The Morgan fingerprint density at radius 3 is 2.65 bits per heavy atom. The molecule has 1 aliphatic rings. The SMILES string of the molecule is CN(C(=O)N1CCCCC1COc1cccnc1)c1ccccc1.Cl.Cl. The van der Waals surface area contributed by atoms with Gasteiger partial charge < -0.3 is 9.64 Å². The molecule has 1 atom stereocenters. The lowest BCUT2D eigenvalue weighted by molar-refractivity contribution is 0.121. The van der Waals surface area contributed by atoms with E-state index in [1.807, 2.05) is 54.4 Å². The predicted octanol–water partition coefficient (Wildman–Crippen LogP) is 4.41. The van der Waals surface area contributed by atoms with Crippen molar-refractivity contribution in [3.8, 4) is 5.75 Å². The first-order valence-corrected chi connectivity index (χ1v) is 8.38. The van der Waals surface area contributed by atoms with Crippen LogP contribution in [-0.4, -0.2) is 42.2 Å². The Morgan fingerprint density at radius 1 is 1.19 bits per heavy atom. The van der Waals surface area contributed by atoms with Crippen LogP contribution in [0.2, 0.25) is 0 Å². The monoisotopic (exact) mass is 397 g/mol. The number of para-hydroxylation sites is 1. The van der Waals surface area contributed by atoms with Gasteiger partial charge in [-0.15, -0.1) is 24.8 Å². The summed E-state index contributed by atoms with van der Waals surface area (Å²) in [6.45, 7) is 1.27. The highest BCUT2D eigenvalue weighted by Gasteiger charge is 2.29. The molecule has 0 radical (unpaired) electrons. The summed E-state index contributed by atoms with van der Waals surface area (Å²) in [5.74, 6) is 0.742. The van der Waals surface area contributed by atoms with Crippen molar-refractivity contribution in [3.05, 3.63) is 54.9 Å². The first-order chi connectivity index (χ1) is 11.8. The molecular formula is C19H25Cl2N3O2. The van der Waals surface area contributed by atoms with Crippen LogP contribution in [0.15, 0.2) is 54.9 Å². The van der Waals surface area contributed by atoms with Gasteiger partial charge in [0.15, 0.2) is 0 Å². The summed E-state index contributed by atoms with van der Waals surface area (Å²) < 4.78 is 5.84. The zero-order valence-corrected chi connectivity index (χ0v) is 16.4. The molecule has 0 N–H and O–H groups in total. The molecule has 1 unspecified atom stereocenters. The Labute approximate surface area is 167 Å². The van der Waals surface area contributed by atoms with Crippen molar-refractivity contribution in [2.75, 3.05) is 25.1 Å². The van der Waals surface area contributed by atoms with Crippen LogP contribution in [0.1, 0.15) is 19.3 Å². The summed E-state index contributed by atoms with van der Waals surface area (Å²) in [5.41, 5.74) is 0.903. The van der Waals surface area contributed by atoms with Crippen molar-refractivity contribution >= 4 is 36.5 Å². The Hall–Kier alpha value is -1.98. The molecule has 0 bridgehead atoms. The highest BCUT2D eigenvalue weighted by molar-refractivity contribution is 5.91. The van der Waals surface area contributed by atoms with E-state index >= 15 is 0 Å². The van der Waals surface area contributed by atoms with E-state index in [0.717, 1.165) is 37.2 Å². The molecule has 7 heteroatoms. The average molecular weight is 398 g/mol. The zero-order valence-electron chi connectivity index (χ0n) is 14.8. The number of anilines is 1. The van der Waals surface area contributed by atoms with Crippen LogP contribution in [-0.2, 0) is 0 Å². The summed E-state index contributed by atoms with van der Waals surface area (Å²) >= 11 is 0. The average Bonchev–Trinajstić information content (AvgIpc) is 2.67. The van der Waals surface area contributed by atoms with Crippen LogP contribution in [0.5, 0.6) is 5.75 Å². The van der Waals surface area contributed by atoms with E-state index in [0.29, 0.717) is 6.61 Å². The van der Waals surface area contributed by atoms with Gasteiger partial charge in [0.1, 0.15) is 12.4 Å². The van der Waals surface area contributed by atoms with Gasteiger partial charge in [0, 0.05) is 25.5 Å². The van der Waals surface area contributed by atoms with E-state index in [1.54, 1.807) is 17.3 Å². The van der Waals surface area contributed by atoms with Gasteiger partial charge in [-0.2, -0.15) is 0 Å². The van der Waals surface area contributed by atoms with Crippen LogP contribution in [0.4, 0.5) is 10.5 Å². The number of benzene rings is 1. The molecule has 5 nitrogen and oxygen atoms in total. The van der Waals surface area contributed by atoms with E-state index < -0.39 is 0 Å². The van der Waals surface area contributed by atoms with Crippen molar-refractivity contribution < 1.29 is 9.53 Å². The minimum Gasteiger partial charge on any atom is -0.490 e. The number of aromatic nitrogens is 1. The number of halogens is 2. The molecule has 2 amide bonds. The summed E-state index contributed by atoms with van der Waals surface area (Å²) in [6.07, 6.45) is 6.55. The van der Waals surface area contributed by atoms with Gasteiger partial charge in [0.25, 0.3) is 0 Å². The Morgan fingerprint density at radius 2 is 1.96 bits per heavy atom. The smallest absolute Gasteiger partial charge is 0.324 e. The van der Waals surface area contributed by atoms with Crippen molar-refractivity contribution in [2.24, 2.45) is 0 Å². The van der Waals surface area contributed by atoms with Crippen molar-refractivity contribution in [2.45, 2.75) is 25.3 Å². The molecule has 1 aromatic heterocycles. The summed E-state index contributed by atoms with van der Waals surface area (Å²) in [5, 5.41) is 0. The molecule has 26 heavy (non-hydrogen) atoms. The number of amides is 2. The number of urea groups is 1. The van der Waals surface area contributed by atoms with E-state index in [9.17, 15) is 4.79 Å². The number of hydrogen-bond acceptors (Lipinski definition) is 3. The predicted molar refractivity (Wildman–Crippen MR) is 109 cm³/mol. The number of rotatable bonds is 4. The minimum atomic E-state index is 0. The molecule has 1 aromatic carbocycles. The second kappa shape index (κ2) is 10.9. The van der Waals surface area contributed by atoms with Gasteiger partial charge in [0.05, 0.1) is 12.2 Å². The van der Waals surface area contributed by atoms with Gasteiger partial charge >= 0.3 is 6.03 Å². The Bertz CT molecular complexity index is 658. The molecule has 0 saturated carbocycles. The van der Waals surface area contributed by atoms with Crippen LogP contribution >= 0.6 is 24.8 Å². The van der Waals surface area contributed by atoms with E-state index in [1.165, 1.54) is 0 Å². The standard InChI is InChI=1S/C19H23N3O2.2ClH/c1-21(16-8-3-2-4-9-16)19(23)22-13-6-5-10-17(22)15-24-18-11-7-12-20-14-18;;/h2-4,7-9,11-12,14,17H,5-6,10,13,15H2,1H3;2*1H. The van der Waals surface area contributed by atoms with Crippen LogP contribution in [0.25, 0.3) is 0 Å². The molecule has 1 saturated heterocycles.